The lowest BCUT2D eigenvalue weighted by molar-refractivity contribution is -0.139. The van der Waals surface area contributed by atoms with Crippen LogP contribution in [0.3, 0.4) is 0 Å². The third-order valence-corrected chi connectivity index (χ3v) is 0.913. The Morgan fingerprint density at radius 1 is 1.16 bits per heavy atom. The van der Waals surface area contributed by atoms with Gasteiger partial charge in [0, 0.05) is 20.1 Å². The van der Waals surface area contributed by atoms with Crippen LogP contribution >= 0.6 is 0 Å². The maximum absolute atomic E-state index is 9.93. The Balaban J connectivity index is -0.0000000833. The van der Waals surface area contributed by atoms with Gasteiger partial charge in [-0.25, -0.2) is 0 Å². The molecule has 0 atom stereocenters. The van der Waals surface area contributed by atoms with Crippen LogP contribution in [0.4, 0.5) is 0 Å². The van der Waals surface area contributed by atoms with Crippen molar-refractivity contribution in [2.24, 2.45) is 0 Å². The zero-order valence-corrected chi connectivity index (χ0v) is 12.7. The monoisotopic (exact) mass is 278 g/mol. The van der Waals surface area contributed by atoms with Gasteiger partial charge in [0.25, 0.3) is 0 Å². The van der Waals surface area contributed by atoms with Crippen LogP contribution < -0.4 is 0 Å². The molecule has 5 nitrogen and oxygen atoms in total. The summed E-state index contributed by atoms with van der Waals surface area (Å²) in [7, 11) is 0. The second-order valence-electron chi connectivity index (χ2n) is 2.73. The van der Waals surface area contributed by atoms with E-state index in [1.54, 1.807) is 6.08 Å². The molecule has 0 amide bonds. The van der Waals surface area contributed by atoms with Crippen LogP contribution in [0, 0.1) is 0 Å². The van der Waals surface area contributed by atoms with Crippen molar-refractivity contribution in [1.29, 1.82) is 0 Å². The summed E-state index contributed by atoms with van der Waals surface area (Å²) in [4.78, 5) is 9.93. The van der Waals surface area contributed by atoms with Crippen molar-refractivity contribution in [3.05, 3.63) is 25.3 Å². The lowest BCUT2D eigenvalue weighted by Gasteiger charge is -1.90. The molecule has 19 heavy (non-hydrogen) atoms. The van der Waals surface area contributed by atoms with Crippen molar-refractivity contribution < 1.29 is 24.5 Å². The van der Waals surface area contributed by atoms with Gasteiger partial charge < -0.3 is 19.7 Å². The number of hydrogen-bond acceptors (Lipinski definition) is 5. The molecule has 0 aliphatic carbocycles. The molecule has 0 aliphatic heterocycles. The molecule has 0 saturated carbocycles. The molecule has 0 radical (unpaired) electrons. The molecule has 0 rings (SSSR count). The quantitative estimate of drug-likeness (QED) is 0.594. The third kappa shape index (κ3) is 109. The Labute approximate surface area is 117 Å². The summed E-state index contributed by atoms with van der Waals surface area (Å²) in [6.45, 7) is 15.7. The number of aliphatic hydroxyl groups is 2. The Hall–Kier alpha value is -1.17. The maximum Gasteiger partial charge on any atom is 0.302 e. The molecule has 0 bridgehead atoms. The van der Waals surface area contributed by atoms with Crippen LogP contribution in [0.5, 0.6) is 0 Å². The molecule has 0 aliphatic rings. The van der Waals surface area contributed by atoms with Crippen molar-refractivity contribution in [2.45, 2.75) is 27.7 Å². The Kier molecular flexibility index (Phi) is 50.0. The normalized spacial score (nSPS) is 7.26. The topological polar surface area (TPSA) is 76.0 Å². The summed E-state index contributed by atoms with van der Waals surface area (Å²) in [6, 6.07) is 0. The summed E-state index contributed by atoms with van der Waals surface area (Å²) < 4.78 is 9.27. The summed E-state index contributed by atoms with van der Waals surface area (Å²) in [5, 5.41) is 15.2. The molecule has 0 heterocycles. The van der Waals surface area contributed by atoms with Gasteiger partial charge in [0.05, 0.1) is 13.2 Å². The van der Waals surface area contributed by atoms with E-state index in [1.807, 2.05) is 20.8 Å². The Bertz CT molecular complexity index is 165. The van der Waals surface area contributed by atoms with Crippen molar-refractivity contribution in [2.75, 3.05) is 33.0 Å². The number of ether oxygens (including phenoxy) is 2. The molecule has 5 heteroatoms. The molecular formula is C14H30O5. The Morgan fingerprint density at radius 3 is 1.58 bits per heavy atom. The summed E-state index contributed by atoms with van der Waals surface area (Å²) >= 11 is 0. The van der Waals surface area contributed by atoms with Crippen LogP contribution in [0.15, 0.2) is 25.3 Å². The van der Waals surface area contributed by atoms with E-state index in [1.165, 1.54) is 13.0 Å². The molecule has 0 aromatic carbocycles. The smallest absolute Gasteiger partial charge is 0.302 e. The highest BCUT2D eigenvalue weighted by atomic mass is 16.5. The maximum atomic E-state index is 9.93. The molecule has 116 valence electrons. The van der Waals surface area contributed by atoms with E-state index >= 15 is 0 Å². The van der Waals surface area contributed by atoms with E-state index in [4.69, 9.17) is 14.9 Å². The number of rotatable bonds is 5. The van der Waals surface area contributed by atoms with Gasteiger partial charge >= 0.3 is 5.97 Å². The highest BCUT2D eigenvalue weighted by Gasteiger charge is 1.83. The van der Waals surface area contributed by atoms with E-state index < -0.39 is 0 Å². The van der Waals surface area contributed by atoms with Crippen LogP contribution in [-0.4, -0.2) is 49.2 Å². The van der Waals surface area contributed by atoms with Crippen molar-refractivity contribution in [1.82, 2.24) is 0 Å². The van der Waals surface area contributed by atoms with Gasteiger partial charge in [-0.15, -0.1) is 6.58 Å². The van der Waals surface area contributed by atoms with E-state index in [2.05, 4.69) is 17.9 Å². The molecular weight excluding hydrogens is 248 g/mol. The number of carbonyl (C=O) groups is 1. The highest BCUT2D eigenvalue weighted by molar-refractivity contribution is 5.65. The summed E-state index contributed by atoms with van der Waals surface area (Å²) in [5.74, 6) is -0.264. The van der Waals surface area contributed by atoms with Gasteiger partial charge in [-0.2, -0.15) is 0 Å². The van der Waals surface area contributed by atoms with E-state index in [0.29, 0.717) is 6.61 Å². The number of allylic oxidation sites excluding steroid dienone is 1. The molecule has 2 N–H and O–H groups in total. The zero-order chi connectivity index (χ0) is 15.9. The van der Waals surface area contributed by atoms with Crippen LogP contribution in [0.1, 0.15) is 27.7 Å². The fourth-order valence-electron chi connectivity index (χ4n) is 0.380. The first-order valence-electron chi connectivity index (χ1n) is 6.12. The average Bonchev–Trinajstić information content (AvgIpc) is 2.39. The van der Waals surface area contributed by atoms with Crippen LogP contribution in [-0.2, 0) is 14.3 Å². The predicted molar refractivity (Wildman–Crippen MR) is 79.0 cm³/mol. The first-order chi connectivity index (χ1) is 9.01. The van der Waals surface area contributed by atoms with Crippen molar-refractivity contribution in [3.63, 3.8) is 0 Å². The molecule has 0 unspecified atom stereocenters. The lowest BCUT2D eigenvalue weighted by Crippen LogP contribution is -1.96. The summed E-state index contributed by atoms with van der Waals surface area (Å²) in [5.41, 5.74) is 0. The van der Waals surface area contributed by atoms with Gasteiger partial charge in [0.15, 0.2) is 0 Å². The fourth-order valence-corrected chi connectivity index (χ4v) is 0.380. The van der Waals surface area contributed by atoms with Gasteiger partial charge in [-0.3, -0.25) is 4.79 Å². The minimum Gasteiger partial charge on any atom is -0.462 e. The Morgan fingerprint density at radius 2 is 1.53 bits per heavy atom. The number of carbonyl (C=O) groups excluding carboxylic acids is 1. The van der Waals surface area contributed by atoms with E-state index in [0.717, 1.165) is 13.2 Å². The third-order valence-electron chi connectivity index (χ3n) is 0.913. The van der Waals surface area contributed by atoms with Crippen molar-refractivity contribution >= 4 is 5.97 Å². The van der Waals surface area contributed by atoms with Gasteiger partial charge in [-0.05, 0) is 20.8 Å². The SMILES string of the molecule is C=CC.C=CCOC(C)=O.CCOCC.OCCO. The molecule has 0 aromatic heterocycles. The fraction of sp³-hybridized carbons (Fsp3) is 0.643. The van der Waals surface area contributed by atoms with Crippen molar-refractivity contribution in [3.8, 4) is 0 Å². The number of aliphatic hydroxyl groups excluding tert-OH is 2. The van der Waals surface area contributed by atoms with Gasteiger partial charge in [0.2, 0.25) is 0 Å². The predicted octanol–water partition coefficient (Wildman–Crippen LogP) is 1.94. The average molecular weight is 278 g/mol. The molecule has 0 fully saturated rings. The molecule has 0 saturated heterocycles. The second-order valence-corrected chi connectivity index (χ2v) is 2.73. The standard InChI is InChI=1S/C5H8O2.C4H10O.C3H6.C2H6O2/c1-3-4-7-5(2)6;1-3-5-4-2;1-3-2;3-1-2-4/h3H,1,4H2,2H3;3-4H2,1-2H3;3H,1H2,2H3;3-4H,1-2H2. The molecule has 0 aromatic rings. The lowest BCUT2D eigenvalue weighted by atomic mass is 10.7. The second kappa shape index (κ2) is 36.0. The van der Waals surface area contributed by atoms with E-state index in [9.17, 15) is 4.79 Å². The summed E-state index contributed by atoms with van der Waals surface area (Å²) in [6.07, 6.45) is 3.28. The van der Waals surface area contributed by atoms with Gasteiger partial charge in [0.1, 0.15) is 6.61 Å². The highest BCUT2D eigenvalue weighted by Crippen LogP contribution is 1.73. The van der Waals surface area contributed by atoms with Gasteiger partial charge in [-0.1, -0.05) is 18.7 Å². The number of esters is 1. The van der Waals surface area contributed by atoms with Crippen LogP contribution in [0.2, 0.25) is 0 Å². The first-order valence-corrected chi connectivity index (χ1v) is 6.12. The van der Waals surface area contributed by atoms with Crippen LogP contribution in [0.25, 0.3) is 0 Å². The van der Waals surface area contributed by atoms with E-state index in [-0.39, 0.29) is 19.2 Å². The minimum atomic E-state index is -0.264. The molecule has 0 spiro atoms. The number of hydrogen-bond donors (Lipinski definition) is 2. The zero-order valence-electron chi connectivity index (χ0n) is 12.7. The largest absolute Gasteiger partial charge is 0.462 e. The first kappa shape index (κ1) is 26.4. The minimum absolute atomic E-state index is 0.125.